The van der Waals surface area contributed by atoms with E-state index in [2.05, 4.69) is 10.9 Å². The Balaban J connectivity index is 1.67. The van der Waals surface area contributed by atoms with E-state index in [1.54, 1.807) is 0 Å². The number of esters is 1. The summed E-state index contributed by atoms with van der Waals surface area (Å²) < 4.78 is 20.8. The lowest BCUT2D eigenvalue weighted by Crippen LogP contribution is -2.41. The molecule has 0 bridgehead atoms. The van der Waals surface area contributed by atoms with Crippen LogP contribution in [0.25, 0.3) is 0 Å². The van der Waals surface area contributed by atoms with E-state index in [-0.39, 0.29) is 24.4 Å². The maximum absolute atomic E-state index is 12.4. The summed E-state index contributed by atoms with van der Waals surface area (Å²) in [6, 6.07) is 12.9. The summed E-state index contributed by atoms with van der Waals surface area (Å²) in [5.41, 5.74) is 6.06. The number of methoxy groups -OCH3 is 3. The quantitative estimate of drug-likeness (QED) is 0.286. The Morgan fingerprint density at radius 1 is 0.818 bits per heavy atom. The minimum atomic E-state index is -0.555. The fourth-order valence-electron chi connectivity index (χ4n) is 3.05. The maximum atomic E-state index is 12.4. The highest BCUT2D eigenvalue weighted by Crippen LogP contribution is 2.38. The van der Waals surface area contributed by atoms with Gasteiger partial charge in [0, 0.05) is 18.4 Å². The van der Waals surface area contributed by atoms with Crippen molar-refractivity contribution in [1.29, 1.82) is 0 Å². The molecule has 0 saturated heterocycles. The van der Waals surface area contributed by atoms with Crippen LogP contribution in [-0.4, -0.2) is 45.7 Å². The van der Waals surface area contributed by atoms with Gasteiger partial charge in [-0.05, 0) is 37.0 Å². The summed E-state index contributed by atoms with van der Waals surface area (Å²) >= 11 is 0. The van der Waals surface area contributed by atoms with Crippen LogP contribution in [0.2, 0.25) is 0 Å². The van der Waals surface area contributed by atoms with Crippen molar-refractivity contribution < 1.29 is 33.3 Å². The molecule has 0 atom stereocenters. The number of benzene rings is 2. The highest BCUT2D eigenvalue weighted by molar-refractivity contribution is 5.96. The molecular formula is C24H30N2O7. The molecule has 0 unspecified atom stereocenters. The zero-order chi connectivity index (χ0) is 24.1. The molecule has 2 amide bonds. The second-order valence-corrected chi connectivity index (χ2v) is 7.08. The second-order valence-electron chi connectivity index (χ2n) is 7.08. The van der Waals surface area contributed by atoms with Gasteiger partial charge in [-0.1, -0.05) is 30.3 Å². The summed E-state index contributed by atoms with van der Waals surface area (Å²) in [6.07, 6.45) is 2.07. The van der Waals surface area contributed by atoms with Crippen molar-refractivity contribution in [2.75, 3.05) is 27.9 Å². The summed E-state index contributed by atoms with van der Waals surface area (Å²) in [4.78, 5) is 36.1. The first-order valence-corrected chi connectivity index (χ1v) is 10.6. The van der Waals surface area contributed by atoms with E-state index in [1.165, 1.54) is 39.0 Å². The average molecular weight is 459 g/mol. The van der Waals surface area contributed by atoms with E-state index in [1.807, 2.05) is 30.3 Å². The first-order valence-electron chi connectivity index (χ1n) is 10.6. The van der Waals surface area contributed by atoms with Gasteiger partial charge in [0.25, 0.3) is 5.91 Å². The zero-order valence-electron chi connectivity index (χ0n) is 19.1. The second kappa shape index (κ2) is 13.6. The van der Waals surface area contributed by atoms with Crippen molar-refractivity contribution in [2.45, 2.75) is 32.1 Å². The van der Waals surface area contributed by atoms with Gasteiger partial charge in [0.1, 0.15) is 0 Å². The standard InChI is InChI=1S/C24H30N2O7/c1-30-19-15-18(16-20(31-2)23(19)32-3)24(29)26-25-21(27)12-7-13-22(28)33-14-8-11-17-9-5-4-6-10-17/h4-6,9-10,15-16H,7-8,11-14H2,1-3H3,(H,25,27)(H,26,29). The molecule has 0 radical (unpaired) electrons. The van der Waals surface area contributed by atoms with Gasteiger partial charge < -0.3 is 18.9 Å². The number of ether oxygens (including phenoxy) is 4. The van der Waals surface area contributed by atoms with E-state index < -0.39 is 11.8 Å². The van der Waals surface area contributed by atoms with Crippen LogP contribution in [0.4, 0.5) is 0 Å². The molecule has 2 aromatic carbocycles. The van der Waals surface area contributed by atoms with Crippen LogP contribution in [0.15, 0.2) is 42.5 Å². The molecule has 33 heavy (non-hydrogen) atoms. The van der Waals surface area contributed by atoms with Crippen molar-refractivity contribution >= 4 is 17.8 Å². The minimum Gasteiger partial charge on any atom is -0.493 e. The van der Waals surface area contributed by atoms with E-state index >= 15 is 0 Å². The van der Waals surface area contributed by atoms with Crippen molar-refractivity contribution in [3.8, 4) is 17.2 Å². The number of rotatable bonds is 12. The van der Waals surface area contributed by atoms with Crippen LogP contribution in [-0.2, 0) is 20.7 Å². The molecule has 0 saturated carbocycles. The molecule has 9 nitrogen and oxygen atoms in total. The smallest absolute Gasteiger partial charge is 0.305 e. The first kappa shape index (κ1) is 25.5. The molecule has 0 fully saturated rings. The number of hydrazine groups is 1. The van der Waals surface area contributed by atoms with Gasteiger partial charge in [-0.2, -0.15) is 0 Å². The van der Waals surface area contributed by atoms with Gasteiger partial charge >= 0.3 is 5.97 Å². The highest BCUT2D eigenvalue weighted by Gasteiger charge is 2.17. The largest absolute Gasteiger partial charge is 0.493 e. The third kappa shape index (κ3) is 8.36. The predicted molar refractivity (Wildman–Crippen MR) is 121 cm³/mol. The number of carbonyl (C=O) groups is 3. The maximum Gasteiger partial charge on any atom is 0.305 e. The SMILES string of the molecule is COc1cc(C(=O)NNC(=O)CCCC(=O)OCCCc2ccccc2)cc(OC)c1OC. The van der Waals surface area contributed by atoms with Crippen LogP contribution in [0.5, 0.6) is 17.2 Å². The Morgan fingerprint density at radius 2 is 1.48 bits per heavy atom. The minimum absolute atomic E-state index is 0.0641. The molecule has 0 heterocycles. The van der Waals surface area contributed by atoms with Gasteiger partial charge in [0.05, 0.1) is 27.9 Å². The Kier molecular flexibility index (Phi) is 10.5. The fraction of sp³-hybridized carbons (Fsp3) is 0.375. The van der Waals surface area contributed by atoms with E-state index in [9.17, 15) is 14.4 Å². The Morgan fingerprint density at radius 3 is 2.09 bits per heavy atom. The third-order valence-corrected chi connectivity index (χ3v) is 4.74. The lowest BCUT2D eigenvalue weighted by Gasteiger charge is -2.14. The average Bonchev–Trinajstić information content (AvgIpc) is 2.84. The monoisotopic (exact) mass is 458 g/mol. The summed E-state index contributed by atoms with van der Waals surface area (Å²) in [5, 5.41) is 0. The lowest BCUT2D eigenvalue weighted by atomic mass is 10.1. The lowest BCUT2D eigenvalue weighted by molar-refractivity contribution is -0.143. The number of carbonyl (C=O) groups excluding carboxylic acids is 3. The Bertz CT molecular complexity index is 907. The molecule has 0 aliphatic heterocycles. The van der Waals surface area contributed by atoms with Crippen molar-refractivity contribution in [3.63, 3.8) is 0 Å². The van der Waals surface area contributed by atoms with Gasteiger partial charge in [-0.3, -0.25) is 25.2 Å². The van der Waals surface area contributed by atoms with Gasteiger partial charge in [-0.15, -0.1) is 0 Å². The summed E-state index contributed by atoms with van der Waals surface area (Å²) in [7, 11) is 4.34. The molecular weight excluding hydrogens is 428 g/mol. The topological polar surface area (TPSA) is 112 Å². The number of hydrogen-bond donors (Lipinski definition) is 2. The van der Waals surface area contributed by atoms with Gasteiger partial charge in [0.2, 0.25) is 11.7 Å². The molecule has 178 valence electrons. The Labute approximate surface area is 193 Å². The van der Waals surface area contributed by atoms with E-state index in [4.69, 9.17) is 18.9 Å². The van der Waals surface area contributed by atoms with Gasteiger partial charge in [-0.25, -0.2) is 0 Å². The van der Waals surface area contributed by atoms with E-state index in [0.717, 1.165) is 12.8 Å². The summed E-state index contributed by atoms with van der Waals surface area (Å²) in [6.45, 7) is 0.338. The molecule has 0 aliphatic rings. The van der Waals surface area contributed by atoms with E-state index in [0.29, 0.717) is 30.3 Å². The molecule has 0 spiro atoms. The highest BCUT2D eigenvalue weighted by atomic mass is 16.5. The van der Waals surface area contributed by atoms with Crippen LogP contribution < -0.4 is 25.1 Å². The normalized spacial score (nSPS) is 10.2. The van der Waals surface area contributed by atoms with Crippen LogP contribution in [0.1, 0.15) is 41.6 Å². The fourth-order valence-corrected chi connectivity index (χ4v) is 3.05. The van der Waals surface area contributed by atoms with Gasteiger partial charge in [0.15, 0.2) is 11.5 Å². The molecule has 0 aromatic heterocycles. The number of hydrogen-bond acceptors (Lipinski definition) is 7. The molecule has 2 N–H and O–H groups in total. The van der Waals surface area contributed by atoms with Crippen LogP contribution in [0, 0.1) is 0 Å². The number of nitrogens with one attached hydrogen (secondary N) is 2. The van der Waals surface area contributed by atoms with Crippen LogP contribution in [0.3, 0.4) is 0 Å². The van der Waals surface area contributed by atoms with Crippen molar-refractivity contribution in [1.82, 2.24) is 10.9 Å². The van der Waals surface area contributed by atoms with Crippen molar-refractivity contribution in [3.05, 3.63) is 53.6 Å². The molecule has 9 heteroatoms. The summed E-state index contributed by atoms with van der Waals surface area (Å²) in [5.74, 6) is -0.343. The third-order valence-electron chi connectivity index (χ3n) is 4.74. The predicted octanol–water partition coefficient (Wildman–Crippen LogP) is 2.82. The van der Waals surface area contributed by atoms with Crippen molar-refractivity contribution in [2.24, 2.45) is 0 Å². The first-order chi connectivity index (χ1) is 16.0. The number of amides is 2. The molecule has 2 aromatic rings. The number of aryl methyl sites for hydroxylation is 1. The zero-order valence-corrected chi connectivity index (χ0v) is 19.1. The van der Waals surface area contributed by atoms with Crippen LogP contribution >= 0.6 is 0 Å². The molecule has 0 aliphatic carbocycles. The Hall–Kier alpha value is -3.75. The molecule has 2 rings (SSSR count).